The van der Waals surface area contributed by atoms with Gasteiger partial charge in [0.2, 0.25) is 0 Å². The summed E-state index contributed by atoms with van der Waals surface area (Å²) < 4.78 is 5.48. The fourth-order valence-electron chi connectivity index (χ4n) is 2.37. The number of nitrogens with one attached hydrogen (secondary N) is 1. The van der Waals surface area contributed by atoms with Crippen LogP contribution in [-0.4, -0.2) is 13.2 Å². The zero-order valence-corrected chi connectivity index (χ0v) is 12.4. The number of ether oxygens (including phenoxy) is 1. The van der Waals surface area contributed by atoms with E-state index in [-0.39, 0.29) is 0 Å². The normalized spacial score (nSPS) is 14.3. The summed E-state index contributed by atoms with van der Waals surface area (Å²) in [7, 11) is 1.74. The topological polar surface area (TPSA) is 21.3 Å². The zero-order chi connectivity index (χ0) is 13.5. The van der Waals surface area contributed by atoms with Gasteiger partial charge in [-0.05, 0) is 38.3 Å². The molecule has 2 nitrogen and oxygen atoms in total. The Balaban J connectivity index is 2.79. The molecule has 0 aliphatic carbocycles. The predicted octanol–water partition coefficient (Wildman–Crippen LogP) is 4.23. The molecule has 0 heterocycles. The van der Waals surface area contributed by atoms with Crippen LogP contribution in [0.4, 0.5) is 0 Å². The number of rotatable bonds is 7. The maximum atomic E-state index is 5.48. The Morgan fingerprint density at radius 2 is 2.00 bits per heavy atom. The summed E-state index contributed by atoms with van der Waals surface area (Å²) in [4.78, 5) is 0. The molecule has 1 rings (SSSR count). The second-order valence-corrected chi connectivity index (χ2v) is 5.03. The van der Waals surface area contributed by atoms with E-state index in [0.717, 1.165) is 5.75 Å². The van der Waals surface area contributed by atoms with Crippen molar-refractivity contribution < 1.29 is 4.74 Å². The van der Waals surface area contributed by atoms with Crippen LogP contribution in [0.5, 0.6) is 5.75 Å². The molecule has 0 radical (unpaired) electrons. The van der Waals surface area contributed by atoms with Gasteiger partial charge in [0.1, 0.15) is 5.75 Å². The minimum Gasteiger partial charge on any atom is -0.496 e. The lowest BCUT2D eigenvalue weighted by molar-refractivity contribution is 0.382. The van der Waals surface area contributed by atoms with E-state index in [1.165, 1.54) is 30.4 Å². The van der Waals surface area contributed by atoms with Crippen molar-refractivity contribution in [2.75, 3.05) is 7.11 Å². The molecule has 0 aromatic heterocycles. The van der Waals surface area contributed by atoms with Crippen molar-refractivity contribution in [3.05, 3.63) is 29.3 Å². The lowest BCUT2D eigenvalue weighted by Gasteiger charge is -2.23. The van der Waals surface area contributed by atoms with Crippen molar-refractivity contribution in [3.8, 4) is 5.75 Å². The van der Waals surface area contributed by atoms with E-state index < -0.39 is 0 Å². The van der Waals surface area contributed by atoms with Gasteiger partial charge in [-0.2, -0.15) is 0 Å². The maximum Gasteiger partial charge on any atom is 0.123 e. The molecule has 2 unspecified atom stereocenters. The monoisotopic (exact) mass is 249 g/mol. The SMILES string of the molecule is CCCC(CC)NC(C)c1ccc(C)cc1OC. The Morgan fingerprint density at radius 3 is 2.56 bits per heavy atom. The molecule has 102 valence electrons. The summed E-state index contributed by atoms with van der Waals surface area (Å²) in [5.41, 5.74) is 2.49. The van der Waals surface area contributed by atoms with Crippen molar-refractivity contribution in [1.29, 1.82) is 0 Å². The minimum absolute atomic E-state index is 0.331. The number of benzene rings is 1. The molecule has 1 N–H and O–H groups in total. The van der Waals surface area contributed by atoms with E-state index >= 15 is 0 Å². The first-order chi connectivity index (χ1) is 8.62. The Kier molecular flexibility index (Phi) is 6.20. The van der Waals surface area contributed by atoms with Gasteiger partial charge in [0.25, 0.3) is 0 Å². The van der Waals surface area contributed by atoms with Crippen LogP contribution in [0.15, 0.2) is 18.2 Å². The van der Waals surface area contributed by atoms with Crippen LogP contribution >= 0.6 is 0 Å². The van der Waals surface area contributed by atoms with Gasteiger partial charge in [-0.25, -0.2) is 0 Å². The molecule has 0 aliphatic rings. The van der Waals surface area contributed by atoms with E-state index in [0.29, 0.717) is 12.1 Å². The molecule has 0 bridgehead atoms. The van der Waals surface area contributed by atoms with Crippen molar-refractivity contribution >= 4 is 0 Å². The molecule has 1 aromatic carbocycles. The largest absolute Gasteiger partial charge is 0.496 e. The molecule has 2 heteroatoms. The van der Waals surface area contributed by atoms with Gasteiger partial charge in [-0.3, -0.25) is 0 Å². The van der Waals surface area contributed by atoms with Gasteiger partial charge in [-0.15, -0.1) is 0 Å². The van der Waals surface area contributed by atoms with E-state index in [9.17, 15) is 0 Å². The Labute approximate surface area is 112 Å². The average molecular weight is 249 g/mol. The molecular formula is C16H27NO. The Morgan fingerprint density at radius 1 is 1.28 bits per heavy atom. The Bertz CT molecular complexity index is 362. The summed E-state index contributed by atoms with van der Waals surface area (Å²) >= 11 is 0. The molecule has 18 heavy (non-hydrogen) atoms. The summed E-state index contributed by atoms with van der Waals surface area (Å²) in [6, 6.07) is 7.35. The van der Waals surface area contributed by atoms with Crippen LogP contribution in [0.2, 0.25) is 0 Å². The van der Waals surface area contributed by atoms with Gasteiger partial charge in [0, 0.05) is 17.6 Å². The first-order valence-electron chi connectivity index (χ1n) is 7.02. The first kappa shape index (κ1) is 15.0. The van der Waals surface area contributed by atoms with Crippen molar-refractivity contribution in [2.45, 2.75) is 59.0 Å². The average Bonchev–Trinajstić information content (AvgIpc) is 2.37. The van der Waals surface area contributed by atoms with E-state index in [2.05, 4.69) is 51.2 Å². The maximum absolute atomic E-state index is 5.48. The van der Waals surface area contributed by atoms with E-state index in [4.69, 9.17) is 4.74 Å². The second-order valence-electron chi connectivity index (χ2n) is 5.03. The minimum atomic E-state index is 0.331. The number of methoxy groups -OCH3 is 1. The fourth-order valence-corrected chi connectivity index (χ4v) is 2.37. The highest BCUT2D eigenvalue weighted by Crippen LogP contribution is 2.26. The molecule has 0 fully saturated rings. The van der Waals surface area contributed by atoms with Crippen LogP contribution < -0.4 is 10.1 Å². The summed E-state index contributed by atoms with van der Waals surface area (Å²) in [6.45, 7) is 8.79. The molecule has 1 aromatic rings. The van der Waals surface area contributed by atoms with Crippen LogP contribution in [0.1, 0.15) is 57.2 Å². The number of aryl methyl sites for hydroxylation is 1. The van der Waals surface area contributed by atoms with Gasteiger partial charge in [0.15, 0.2) is 0 Å². The number of hydrogen-bond donors (Lipinski definition) is 1. The number of hydrogen-bond acceptors (Lipinski definition) is 2. The van der Waals surface area contributed by atoms with Gasteiger partial charge >= 0.3 is 0 Å². The highest BCUT2D eigenvalue weighted by molar-refractivity contribution is 5.39. The summed E-state index contributed by atoms with van der Waals surface area (Å²) in [5.74, 6) is 0.987. The summed E-state index contributed by atoms with van der Waals surface area (Å²) in [6.07, 6.45) is 3.63. The highest BCUT2D eigenvalue weighted by atomic mass is 16.5. The fraction of sp³-hybridized carbons (Fsp3) is 0.625. The van der Waals surface area contributed by atoms with E-state index in [1.807, 2.05) is 0 Å². The van der Waals surface area contributed by atoms with E-state index in [1.54, 1.807) is 7.11 Å². The summed E-state index contributed by atoms with van der Waals surface area (Å²) in [5, 5.41) is 3.70. The lowest BCUT2D eigenvalue weighted by atomic mass is 10.0. The molecule has 0 saturated heterocycles. The second kappa shape index (κ2) is 7.42. The van der Waals surface area contributed by atoms with Crippen LogP contribution in [-0.2, 0) is 0 Å². The van der Waals surface area contributed by atoms with Crippen molar-refractivity contribution in [2.24, 2.45) is 0 Å². The zero-order valence-electron chi connectivity index (χ0n) is 12.4. The Hall–Kier alpha value is -1.02. The molecular weight excluding hydrogens is 222 g/mol. The first-order valence-corrected chi connectivity index (χ1v) is 7.02. The third-order valence-electron chi connectivity index (χ3n) is 3.47. The quantitative estimate of drug-likeness (QED) is 0.780. The van der Waals surface area contributed by atoms with Gasteiger partial charge in [-0.1, -0.05) is 32.4 Å². The standard InChI is InChI=1S/C16H27NO/c1-6-8-14(7-2)17-13(4)15-10-9-12(3)11-16(15)18-5/h9-11,13-14,17H,6-8H2,1-5H3. The lowest BCUT2D eigenvalue weighted by Crippen LogP contribution is -2.31. The van der Waals surface area contributed by atoms with Crippen molar-refractivity contribution in [1.82, 2.24) is 5.32 Å². The molecule has 0 spiro atoms. The van der Waals surface area contributed by atoms with Crippen LogP contribution in [0, 0.1) is 6.92 Å². The van der Waals surface area contributed by atoms with Crippen LogP contribution in [0.25, 0.3) is 0 Å². The van der Waals surface area contributed by atoms with Gasteiger partial charge < -0.3 is 10.1 Å². The highest BCUT2D eigenvalue weighted by Gasteiger charge is 2.14. The third-order valence-corrected chi connectivity index (χ3v) is 3.47. The van der Waals surface area contributed by atoms with Crippen molar-refractivity contribution in [3.63, 3.8) is 0 Å². The molecule has 0 amide bonds. The predicted molar refractivity (Wildman–Crippen MR) is 78.3 cm³/mol. The molecule has 2 atom stereocenters. The van der Waals surface area contributed by atoms with Crippen LogP contribution in [0.3, 0.4) is 0 Å². The molecule has 0 aliphatic heterocycles. The smallest absolute Gasteiger partial charge is 0.123 e. The van der Waals surface area contributed by atoms with Gasteiger partial charge in [0.05, 0.1) is 7.11 Å². The third kappa shape index (κ3) is 4.02. The molecule has 0 saturated carbocycles.